The largest absolute Gasteiger partial charge is 0.0763 e. The third-order valence-electron chi connectivity index (χ3n) is 5.00. The first-order valence-electron chi connectivity index (χ1n) is 8.36. The Balaban J connectivity index is 1.46. The summed E-state index contributed by atoms with van der Waals surface area (Å²) in [4.78, 5) is 0. The lowest BCUT2D eigenvalue weighted by Gasteiger charge is -2.15. The normalized spacial score (nSPS) is 15.5. The standard InChI is InChI=1S/C22H22/c1-16(14-19-12-10-17-6-2-4-8-21(17)19)15-20-13-11-18-7-3-5-9-22(18)20/h2-9,12-13,16H,10-11,14-15H2,1H3. The molecule has 0 nitrogen and oxygen atoms in total. The number of benzene rings is 2. The van der Waals surface area contributed by atoms with E-state index in [4.69, 9.17) is 0 Å². The summed E-state index contributed by atoms with van der Waals surface area (Å²) in [5.41, 5.74) is 9.06. The molecule has 0 aliphatic heterocycles. The second-order valence-electron chi connectivity index (χ2n) is 6.69. The molecule has 0 amide bonds. The van der Waals surface area contributed by atoms with Gasteiger partial charge in [0.25, 0.3) is 0 Å². The SMILES string of the molecule is CC(CC1=CCc2ccccc21)CC1=CCc2ccccc21. The first kappa shape index (κ1) is 13.6. The van der Waals surface area contributed by atoms with E-state index in [9.17, 15) is 0 Å². The van der Waals surface area contributed by atoms with Crippen LogP contribution in [0.15, 0.2) is 60.7 Å². The van der Waals surface area contributed by atoms with Gasteiger partial charge in [-0.3, -0.25) is 0 Å². The van der Waals surface area contributed by atoms with Crippen molar-refractivity contribution in [1.82, 2.24) is 0 Å². The fourth-order valence-corrected chi connectivity index (χ4v) is 3.92. The smallest absolute Gasteiger partial charge is 0.00854 e. The molecular weight excluding hydrogens is 264 g/mol. The summed E-state index contributed by atoms with van der Waals surface area (Å²) < 4.78 is 0. The van der Waals surface area contributed by atoms with Gasteiger partial charge in [-0.25, -0.2) is 0 Å². The Hall–Kier alpha value is -2.08. The van der Waals surface area contributed by atoms with Gasteiger partial charge in [-0.15, -0.1) is 0 Å². The van der Waals surface area contributed by atoms with Crippen LogP contribution in [-0.4, -0.2) is 0 Å². The van der Waals surface area contributed by atoms with Crippen LogP contribution in [-0.2, 0) is 12.8 Å². The predicted molar refractivity (Wildman–Crippen MR) is 94.6 cm³/mol. The van der Waals surface area contributed by atoms with Crippen molar-refractivity contribution in [3.8, 4) is 0 Å². The van der Waals surface area contributed by atoms with Crippen molar-refractivity contribution in [2.24, 2.45) is 5.92 Å². The fourth-order valence-electron chi connectivity index (χ4n) is 3.92. The van der Waals surface area contributed by atoms with Gasteiger partial charge in [-0.05, 0) is 65.0 Å². The van der Waals surface area contributed by atoms with Crippen LogP contribution in [0.3, 0.4) is 0 Å². The summed E-state index contributed by atoms with van der Waals surface area (Å²) in [7, 11) is 0. The summed E-state index contributed by atoms with van der Waals surface area (Å²) in [6, 6.07) is 17.7. The number of rotatable bonds is 4. The zero-order valence-electron chi connectivity index (χ0n) is 13.2. The Kier molecular flexibility index (Phi) is 3.46. The van der Waals surface area contributed by atoms with E-state index in [1.165, 1.54) is 35.1 Å². The average molecular weight is 286 g/mol. The molecule has 0 radical (unpaired) electrons. The second kappa shape index (κ2) is 5.61. The molecule has 0 atom stereocenters. The van der Waals surface area contributed by atoms with Crippen LogP contribution < -0.4 is 0 Å². The molecule has 0 heteroatoms. The maximum Gasteiger partial charge on any atom is -0.00854 e. The highest BCUT2D eigenvalue weighted by molar-refractivity contribution is 5.75. The molecule has 0 bridgehead atoms. The molecule has 0 aromatic heterocycles. The molecule has 0 saturated heterocycles. The van der Waals surface area contributed by atoms with Crippen molar-refractivity contribution < 1.29 is 0 Å². The van der Waals surface area contributed by atoms with Gasteiger partial charge in [0.1, 0.15) is 0 Å². The molecule has 2 aromatic rings. The lowest BCUT2D eigenvalue weighted by atomic mass is 9.90. The lowest BCUT2D eigenvalue weighted by molar-refractivity contribution is 0.620. The van der Waals surface area contributed by atoms with Crippen molar-refractivity contribution in [1.29, 1.82) is 0 Å². The highest BCUT2D eigenvalue weighted by Gasteiger charge is 2.19. The summed E-state index contributed by atoms with van der Waals surface area (Å²) in [6.45, 7) is 2.39. The van der Waals surface area contributed by atoms with Gasteiger partial charge in [0.15, 0.2) is 0 Å². The molecule has 0 saturated carbocycles. The van der Waals surface area contributed by atoms with E-state index in [1.807, 2.05) is 0 Å². The number of hydrogen-bond donors (Lipinski definition) is 0. The third kappa shape index (κ3) is 2.43. The van der Waals surface area contributed by atoms with Gasteiger partial charge in [0.2, 0.25) is 0 Å². The maximum absolute atomic E-state index is 2.43. The second-order valence-corrected chi connectivity index (χ2v) is 6.69. The summed E-state index contributed by atoms with van der Waals surface area (Å²) in [5.74, 6) is 0.690. The van der Waals surface area contributed by atoms with E-state index in [2.05, 4.69) is 67.6 Å². The van der Waals surface area contributed by atoms with E-state index < -0.39 is 0 Å². The molecule has 2 aliphatic carbocycles. The first-order valence-corrected chi connectivity index (χ1v) is 8.36. The Morgan fingerprint density at radius 2 is 1.18 bits per heavy atom. The number of fused-ring (bicyclic) bond motifs is 2. The van der Waals surface area contributed by atoms with Crippen LogP contribution in [0.1, 0.15) is 42.0 Å². The van der Waals surface area contributed by atoms with Gasteiger partial charge in [0.05, 0.1) is 0 Å². The van der Waals surface area contributed by atoms with Crippen molar-refractivity contribution in [2.75, 3.05) is 0 Å². The van der Waals surface area contributed by atoms with E-state index in [0.717, 1.165) is 12.8 Å². The van der Waals surface area contributed by atoms with Crippen LogP contribution in [0, 0.1) is 5.92 Å². The van der Waals surface area contributed by atoms with Gasteiger partial charge >= 0.3 is 0 Å². The Bertz CT molecular complexity index is 696. The first-order chi connectivity index (χ1) is 10.8. The van der Waals surface area contributed by atoms with Crippen LogP contribution in [0.4, 0.5) is 0 Å². The van der Waals surface area contributed by atoms with Crippen molar-refractivity contribution in [2.45, 2.75) is 32.6 Å². The van der Waals surface area contributed by atoms with E-state index >= 15 is 0 Å². The topological polar surface area (TPSA) is 0 Å². The molecule has 0 heterocycles. The fraction of sp³-hybridized carbons (Fsp3) is 0.273. The van der Waals surface area contributed by atoms with Gasteiger partial charge in [-0.1, -0.05) is 67.6 Å². The van der Waals surface area contributed by atoms with Crippen LogP contribution >= 0.6 is 0 Å². The number of hydrogen-bond acceptors (Lipinski definition) is 0. The third-order valence-corrected chi connectivity index (χ3v) is 5.00. The maximum atomic E-state index is 2.43. The van der Waals surface area contributed by atoms with Gasteiger partial charge < -0.3 is 0 Å². The van der Waals surface area contributed by atoms with Crippen molar-refractivity contribution in [3.05, 3.63) is 82.9 Å². The molecule has 110 valence electrons. The van der Waals surface area contributed by atoms with Gasteiger partial charge in [0, 0.05) is 0 Å². The molecular formula is C22H22. The zero-order valence-corrected chi connectivity index (χ0v) is 13.2. The van der Waals surface area contributed by atoms with Crippen LogP contribution in [0.2, 0.25) is 0 Å². The lowest BCUT2D eigenvalue weighted by Crippen LogP contribution is -1.98. The Morgan fingerprint density at radius 3 is 1.68 bits per heavy atom. The highest BCUT2D eigenvalue weighted by Crippen LogP contribution is 2.37. The minimum Gasteiger partial charge on any atom is -0.0763 e. The summed E-state index contributed by atoms with van der Waals surface area (Å²) in [6.07, 6.45) is 9.47. The minimum absolute atomic E-state index is 0.690. The molecule has 0 spiro atoms. The Labute approximate surface area is 133 Å². The quantitative estimate of drug-likeness (QED) is 0.678. The highest BCUT2D eigenvalue weighted by atomic mass is 14.2. The van der Waals surface area contributed by atoms with Crippen LogP contribution in [0.25, 0.3) is 11.1 Å². The van der Waals surface area contributed by atoms with Crippen molar-refractivity contribution in [3.63, 3.8) is 0 Å². The number of allylic oxidation sites excluding steroid dienone is 4. The van der Waals surface area contributed by atoms with Crippen molar-refractivity contribution >= 4 is 11.1 Å². The molecule has 2 aliphatic rings. The van der Waals surface area contributed by atoms with E-state index in [1.54, 1.807) is 11.1 Å². The van der Waals surface area contributed by atoms with Gasteiger partial charge in [-0.2, -0.15) is 0 Å². The Morgan fingerprint density at radius 1 is 0.727 bits per heavy atom. The van der Waals surface area contributed by atoms with E-state index in [-0.39, 0.29) is 0 Å². The zero-order chi connectivity index (χ0) is 14.9. The summed E-state index contributed by atoms with van der Waals surface area (Å²) >= 11 is 0. The molecule has 0 unspecified atom stereocenters. The molecule has 0 N–H and O–H groups in total. The molecule has 22 heavy (non-hydrogen) atoms. The summed E-state index contributed by atoms with van der Waals surface area (Å²) in [5, 5.41) is 0. The van der Waals surface area contributed by atoms with Crippen LogP contribution in [0.5, 0.6) is 0 Å². The minimum atomic E-state index is 0.690. The molecule has 0 fully saturated rings. The molecule has 2 aromatic carbocycles. The molecule has 4 rings (SSSR count). The van der Waals surface area contributed by atoms with E-state index in [0.29, 0.717) is 5.92 Å². The average Bonchev–Trinajstić information content (AvgIpc) is 3.13. The predicted octanol–water partition coefficient (Wildman–Crippen LogP) is 5.68. The monoisotopic (exact) mass is 286 g/mol.